The van der Waals surface area contributed by atoms with E-state index in [1.807, 2.05) is 13.0 Å². The van der Waals surface area contributed by atoms with Gasteiger partial charge in [0.25, 0.3) is 0 Å². The molecule has 0 unspecified atom stereocenters. The van der Waals surface area contributed by atoms with Crippen LogP contribution in [0.2, 0.25) is 0 Å². The van der Waals surface area contributed by atoms with Gasteiger partial charge in [-0.25, -0.2) is 9.59 Å². The van der Waals surface area contributed by atoms with Crippen LogP contribution in [0.4, 0.5) is 21.0 Å². The highest BCUT2D eigenvalue weighted by Crippen LogP contribution is 2.34. The molecule has 2 heterocycles. The highest BCUT2D eigenvalue weighted by molar-refractivity contribution is 5.92. The Balaban J connectivity index is 1.79. The highest BCUT2D eigenvalue weighted by Gasteiger charge is 2.34. The van der Waals surface area contributed by atoms with Crippen molar-refractivity contribution in [2.75, 3.05) is 22.9 Å². The third-order valence-corrected chi connectivity index (χ3v) is 4.57. The molecular formula is C17H21N3O5. The van der Waals surface area contributed by atoms with Gasteiger partial charge in [-0.15, -0.1) is 0 Å². The van der Waals surface area contributed by atoms with Crippen LogP contribution in [0.5, 0.6) is 0 Å². The summed E-state index contributed by atoms with van der Waals surface area (Å²) in [4.78, 5) is 37.5. The molecule has 1 saturated heterocycles. The van der Waals surface area contributed by atoms with Gasteiger partial charge in [-0.1, -0.05) is 0 Å². The van der Waals surface area contributed by atoms with Gasteiger partial charge >= 0.3 is 12.2 Å². The van der Waals surface area contributed by atoms with Gasteiger partial charge in [0, 0.05) is 18.7 Å². The largest absolute Gasteiger partial charge is 0.465 e. The van der Waals surface area contributed by atoms with Gasteiger partial charge in [-0.2, -0.15) is 0 Å². The number of fused-ring (bicyclic) bond motifs is 1. The molecule has 134 valence electrons. The Labute approximate surface area is 145 Å². The maximum absolute atomic E-state index is 12.1. The summed E-state index contributed by atoms with van der Waals surface area (Å²) >= 11 is 0. The Bertz CT molecular complexity index is 720. The van der Waals surface area contributed by atoms with Crippen molar-refractivity contribution in [1.82, 2.24) is 5.32 Å². The van der Waals surface area contributed by atoms with Gasteiger partial charge in [-0.05, 0) is 43.5 Å². The summed E-state index contributed by atoms with van der Waals surface area (Å²) in [5.41, 5.74) is 2.24. The monoisotopic (exact) mass is 347 g/mol. The van der Waals surface area contributed by atoms with E-state index in [0.717, 1.165) is 18.4 Å². The van der Waals surface area contributed by atoms with Crippen molar-refractivity contribution in [1.29, 1.82) is 0 Å². The van der Waals surface area contributed by atoms with Gasteiger partial charge in [0.15, 0.2) is 0 Å². The Morgan fingerprint density at radius 3 is 2.84 bits per heavy atom. The molecule has 0 saturated carbocycles. The number of nitrogens with one attached hydrogen (secondary N) is 1. The van der Waals surface area contributed by atoms with E-state index in [1.54, 1.807) is 12.1 Å². The molecule has 2 aliphatic heterocycles. The maximum Gasteiger partial charge on any atom is 0.414 e. The van der Waals surface area contributed by atoms with Crippen molar-refractivity contribution in [3.05, 3.63) is 23.8 Å². The first-order chi connectivity index (χ1) is 11.9. The third-order valence-electron chi connectivity index (χ3n) is 4.57. The summed E-state index contributed by atoms with van der Waals surface area (Å²) in [6.45, 7) is 3.91. The summed E-state index contributed by atoms with van der Waals surface area (Å²) in [6.07, 6.45) is -0.347. The van der Waals surface area contributed by atoms with Crippen LogP contribution in [0.25, 0.3) is 0 Å². The number of carboxylic acid groups (broad SMARTS) is 1. The number of cyclic esters (lactones) is 1. The molecule has 3 amide bonds. The van der Waals surface area contributed by atoms with Crippen LogP contribution >= 0.6 is 0 Å². The van der Waals surface area contributed by atoms with E-state index in [-0.39, 0.29) is 18.5 Å². The van der Waals surface area contributed by atoms with E-state index >= 15 is 0 Å². The molecule has 0 radical (unpaired) electrons. The number of rotatable bonds is 3. The zero-order valence-electron chi connectivity index (χ0n) is 14.2. The molecule has 1 aromatic rings. The van der Waals surface area contributed by atoms with Gasteiger partial charge in [0.2, 0.25) is 5.91 Å². The number of anilines is 2. The predicted molar refractivity (Wildman–Crippen MR) is 91.0 cm³/mol. The fourth-order valence-corrected chi connectivity index (χ4v) is 3.29. The van der Waals surface area contributed by atoms with E-state index in [4.69, 9.17) is 4.74 Å². The molecule has 25 heavy (non-hydrogen) atoms. The second-order valence-electron chi connectivity index (χ2n) is 6.41. The van der Waals surface area contributed by atoms with Crippen molar-refractivity contribution < 1.29 is 24.2 Å². The Kier molecular flexibility index (Phi) is 4.52. The second kappa shape index (κ2) is 6.62. The van der Waals surface area contributed by atoms with E-state index in [1.165, 1.54) is 16.7 Å². The number of aryl methyl sites for hydroxylation is 1. The number of benzene rings is 1. The second-order valence-corrected chi connectivity index (χ2v) is 6.41. The van der Waals surface area contributed by atoms with Crippen molar-refractivity contribution in [2.45, 2.75) is 38.8 Å². The van der Waals surface area contributed by atoms with Gasteiger partial charge in [-0.3, -0.25) is 14.6 Å². The van der Waals surface area contributed by atoms with Crippen molar-refractivity contribution in [3.63, 3.8) is 0 Å². The van der Waals surface area contributed by atoms with Crippen LogP contribution < -0.4 is 15.1 Å². The zero-order valence-corrected chi connectivity index (χ0v) is 14.2. The average Bonchev–Trinajstić information content (AvgIpc) is 2.93. The number of hydrogen-bond donors (Lipinski definition) is 2. The van der Waals surface area contributed by atoms with Crippen LogP contribution in [0.3, 0.4) is 0 Å². The molecule has 2 atom stereocenters. The molecule has 0 bridgehead atoms. The molecule has 2 aliphatic rings. The Morgan fingerprint density at radius 2 is 2.16 bits per heavy atom. The van der Waals surface area contributed by atoms with Gasteiger partial charge in [0.1, 0.15) is 6.10 Å². The molecule has 8 nitrogen and oxygen atoms in total. The van der Waals surface area contributed by atoms with Crippen LogP contribution in [0.15, 0.2) is 18.2 Å². The smallest absolute Gasteiger partial charge is 0.414 e. The molecule has 3 rings (SSSR count). The minimum Gasteiger partial charge on any atom is -0.465 e. The lowest BCUT2D eigenvalue weighted by Gasteiger charge is -2.33. The number of nitrogens with zero attached hydrogens (tertiary/aromatic N) is 2. The third kappa shape index (κ3) is 3.38. The maximum atomic E-state index is 12.1. The average molecular weight is 347 g/mol. The zero-order chi connectivity index (χ0) is 18.1. The first-order valence-electron chi connectivity index (χ1n) is 8.24. The summed E-state index contributed by atoms with van der Waals surface area (Å²) in [6, 6.07) is 5.24. The summed E-state index contributed by atoms with van der Waals surface area (Å²) < 4.78 is 5.27. The number of carbonyl (C=O) groups excluding carboxylic acids is 2. The van der Waals surface area contributed by atoms with Crippen LogP contribution in [0.1, 0.15) is 25.8 Å². The fraction of sp³-hybridized carbons (Fsp3) is 0.471. The van der Waals surface area contributed by atoms with Gasteiger partial charge in [0.05, 0.1) is 18.8 Å². The number of carbonyl (C=O) groups is 3. The molecule has 1 aromatic carbocycles. The molecule has 0 spiro atoms. The minimum atomic E-state index is -0.975. The van der Waals surface area contributed by atoms with E-state index in [0.29, 0.717) is 17.9 Å². The van der Waals surface area contributed by atoms with Gasteiger partial charge < -0.3 is 15.2 Å². The number of hydrogen-bond acceptors (Lipinski definition) is 4. The standard InChI is InChI=1S/C17H21N3O5/c1-10-3-4-12-7-13(5-6-15(12)20(10)16(22)23)19-9-14(25-17(19)24)8-18-11(2)21/h5-7,10,14H,3-4,8-9H2,1-2H3,(H,18,21)(H,22,23)/t10-,14+/m1/s1. The first-order valence-corrected chi connectivity index (χ1v) is 8.24. The van der Waals surface area contributed by atoms with E-state index < -0.39 is 18.3 Å². The van der Waals surface area contributed by atoms with E-state index in [2.05, 4.69) is 5.32 Å². The Hall–Kier alpha value is -2.77. The SMILES string of the molecule is CC(=O)NC[C@H]1CN(c2ccc3c(c2)CC[C@@H](C)N3C(=O)O)C(=O)O1. The topological polar surface area (TPSA) is 99.2 Å². The molecule has 0 aromatic heterocycles. The fourth-order valence-electron chi connectivity index (χ4n) is 3.29. The van der Waals surface area contributed by atoms with E-state index in [9.17, 15) is 19.5 Å². The van der Waals surface area contributed by atoms with Crippen molar-refractivity contribution in [3.8, 4) is 0 Å². The van der Waals surface area contributed by atoms with Crippen molar-refractivity contribution >= 4 is 29.5 Å². The highest BCUT2D eigenvalue weighted by atomic mass is 16.6. The summed E-state index contributed by atoms with van der Waals surface area (Å²) in [7, 11) is 0. The van der Waals surface area contributed by atoms with Crippen molar-refractivity contribution in [2.24, 2.45) is 0 Å². The number of ether oxygens (including phenoxy) is 1. The quantitative estimate of drug-likeness (QED) is 0.871. The molecular weight excluding hydrogens is 326 g/mol. The molecule has 8 heteroatoms. The molecule has 1 fully saturated rings. The lowest BCUT2D eigenvalue weighted by atomic mass is 9.96. The molecule has 2 N–H and O–H groups in total. The first kappa shape index (κ1) is 17.1. The minimum absolute atomic E-state index is 0.0744. The molecule has 0 aliphatic carbocycles. The lowest BCUT2D eigenvalue weighted by molar-refractivity contribution is -0.119. The van der Waals surface area contributed by atoms with Crippen LogP contribution in [0, 0.1) is 0 Å². The Morgan fingerprint density at radius 1 is 1.40 bits per heavy atom. The van der Waals surface area contributed by atoms with Crippen LogP contribution in [-0.4, -0.2) is 48.4 Å². The van der Waals surface area contributed by atoms with Crippen LogP contribution in [-0.2, 0) is 16.0 Å². The summed E-state index contributed by atoms with van der Waals surface area (Å²) in [5.74, 6) is -0.175. The predicted octanol–water partition coefficient (Wildman–Crippen LogP) is 1.97. The normalized spacial score (nSPS) is 22.4. The lowest BCUT2D eigenvalue weighted by Crippen LogP contribution is -2.41. The summed E-state index contributed by atoms with van der Waals surface area (Å²) in [5, 5.41) is 12.1. The number of amides is 3.